The molecule has 1 aromatic carbocycles. The summed E-state index contributed by atoms with van der Waals surface area (Å²) in [7, 11) is -3.69. The van der Waals surface area contributed by atoms with E-state index in [4.69, 9.17) is 28.9 Å². The van der Waals surface area contributed by atoms with Gasteiger partial charge in [0, 0.05) is 12.2 Å². The first-order chi connectivity index (χ1) is 8.90. The van der Waals surface area contributed by atoms with Crippen LogP contribution in [0, 0.1) is 5.92 Å². The molecule has 0 aromatic heterocycles. The zero-order chi connectivity index (χ0) is 14.0. The summed E-state index contributed by atoms with van der Waals surface area (Å²) in [5, 5.41) is 0.0828. The van der Waals surface area contributed by atoms with E-state index in [2.05, 4.69) is 4.72 Å². The number of nitrogens with two attached hydrogens (primary N) is 1. The minimum Gasteiger partial charge on any atom is -0.399 e. The Morgan fingerprint density at radius 2 is 1.84 bits per heavy atom. The first-order valence-corrected chi connectivity index (χ1v) is 8.38. The number of halogens is 2. The van der Waals surface area contributed by atoms with Crippen LogP contribution < -0.4 is 10.5 Å². The fourth-order valence-electron chi connectivity index (χ4n) is 1.91. The van der Waals surface area contributed by atoms with Gasteiger partial charge in [-0.15, -0.1) is 0 Å². The maximum Gasteiger partial charge on any atom is 0.243 e. The molecule has 0 spiro atoms. The fourth-order valence-corrected chi connectivity index (χ4v) is 4.21. The summed E-state index contributed by atoms with van der Waals surface area (Å²) in [5.41, 5.74) is 5.89. The Labute approximate surface area is 123 Å². The maximum atomic E-state index is 12.1. The third kappa shape index (κ3) is 3.99. The Hall–Kier alpha value is -0.490. The van der Waals surface area contributed by atoms with Gasteiger partial charge in [0.1, 0.15) is 4.90 Å². The van der Waals surface area contributed by atoms with Gasteiger partial charge in [-0.1, -0.05) is 36.0 Å². The second-order valence-electron chi connectivity index (χ2n) is 4.80. The molecule has 1 aliphatic rings. The standard InChI is InChI=1S/C12H16Cl2N2O2S/c13-10-6-9(15)7-11(14)12(10)19(17,18)16-5-1-2-8-3-4-8/h6-8,16H,1-5,15H2. The van der Waals surface area contributed by atoms with Crippen molar-refractivity contribution in [1.29, 1.82) is 0 Å². The highest BCUT2D eigenvalue weighted by Crippen LogP contribution is 2.34. The monoisotopic (exact) mass is 322 g/mol. The maximum absolute atomic E-state index is 12.1. The molecule has 4 nitrogen and oxygen atoms in total. The molecule has 0 bridgehead atoms. The van der Waals surface area contributed by atoms with Crippen molar-refractivity contribution in [2.75, 3.05) is 12.3 Å². The van der Waals surface area contributed by atoms with Gasteiger partial charge in [0.05, 0.1) is 10.0 Å². The van der Waals surface area contributed by atoms with Gasteiger partial charge >= 0.3 is 0 Å². The second kappa shape index (κ2) is 5.87. The molecule has 0 amide bonds. The molecule has 0 aliphatic heterocycles. The first kappa shape index (κ1) is 14.9. The lowest BCUT2D eigenvalue weighted by Gasteiger charge is -2.10. The van der Waals surface area contributed by atoms with E-state index in [1.165, 1.54) is 25.0 Å². The van der Waals surface area contributed by atoms with Crippen LogP contribution in [0.25, 0.3) is 0 Å². The molecule has 0 unspecified atom stereocenters. The third-order valence-corrected chi connectivity index (χ3v) is 5.45. The van der Waals surface area contributed by atoms with Crippen LogP contribution in [0.2, 0.25) is 10.0 Å². The minimum absolute atomic E-state index is 0.0414. The van der Waals surface area contributed by atoms with E-state index in [1.807, 2.05) is 0 Å². The molecule has 0 atom stereocenters. The SMILES string of the molecule is Nc1cc(Cl)c(S(=O)(=O)NCCCC2CC2)c(Cl)c1. The number of nitrogen functional groups attached to an aromatic ring is 1. The quantitative estimate of drug-likeness (QED) is 0.624. The summed E-state index contributed by atoms with van der Waals surface area (Å²) in [5.74, 6) is 0.785. The zero-order valence-corrected chi connectivity index (χ0v) is 12.7. The summed E-state index contributed by atoms with van der Waals surface area (Å²) < 4.78 is 26.8. The molecule has 7 heteroatoms. The number of rotatable bonds is 6. The van der Waals surface area contributed by atoms with Crippen LogP contribution in [-0.4, -0.2) is 15.0 Å². The van der Waals surface area contributed by atoms with Gasteiger partial charge in [-0.05, 0) is 30.9 Å². The van der Waals surface area contributed by atoms with Gasteiger partial charge in [-0.3, -0.25) is 0 Å². The van der Waals surface area contributed by atoms with Gasteiger partial charge in [0.25, 0.3) is 0 Å². The van der Waals surface area contributed by atoms with Crippen molar-refractivity contribution >= 4 is 38.9 Å². The van der Waals surface area contributed by atoms with Gasteiger partial charge in [0.15, 0.2) is 0 Å². The molecule has 1 aliphatic carbocycles. The van der Waals surface area contributed by atoms with Crippen molar-refractivity contribution in [3.8, 4) is 0 Å². The Bertz CT molecular complexity index is 548. The molecule has 2 rings (SSSR count). The average molecular weight is 323 g/mol. The second-order valence-corrected chi connectivity index (χ2v) is 7.32. The van der Waals surface area contributed by atoms with Gasteiger partial charge in [-0.2, -0.15) is 0 Å². The number of sulfonamides is 1. The Morgan fingerprint density at radius 3 is 2.37 bits per heavy atom. The van der Waals surface area contributed by atoms with Crippen LogP contribution in [0.5, 0.6) is 0 Å². The zero-order valence-electron chi connectivity index (χ0n) is 10.3. The van der Waals surface area contributed by atoms with Crippen molar-refractivity contribution in [1.82, 2.24) is 4.72 Å². The topological polar surface area (TPSA) is 72.2 Å². The van der Waals surface area contributed by atoms with Crippen molar-refractivity contribution < 1.29 is 8.42 Å². The van der Waals surface area contributed by atoms with E-state index in [0.29, 0.717) is 12.2 Å². The molecular formula is C12H16Cl2N2O2S. The Kier molecular flexibility index (Phi) is 4.61. The van der Waals surface area contributed by atoms with E-state index in [0.717, 1.165) is 18.8 Å². The molecule has 19 heavy (non-hydrogen) atoms. The van der Waals surface area contributed by atoms with Crippen molar-refractivity contribution in [3.63, 3.8) is 0 Å². The highest BCUT2D eigenvalue weighted by atomic mass is 35.5. The third-order valence-electron chi connectivity index (χ3n) is 3.07. The van der Waals surface area contributed by atoms with E-state index in [-0.39, 0.29) is 14.9 Å². The summed E-state index contributed by atoms with van der Waals surface area (Å²) in [6, 6.07) is 2.76. The lowest BCUT2D eigenvalue weighted by molar-refractivity contribution is 0.572. The van der Waals surface area contributed by atoms with Gasteiger partial charge in [0.2, 0.25) is 10.0 Å². The lowest BCUT2D eigenvalue weighted by atomic mass is 10.2. The van der Waals surface area contributed by atoms with Crippen LogP contribution in [0.15, 0.2) is 17.0 Å². The number of hydrogen-bond acceptors (Lipinski definition) is 3. The van der Waals surface area contributed by atoms with E-state index in [1.54, 1.807) is 0 Å². The largest absolute Gasteiger partial charge is 0.399 e. The van der Waals surface area contributed by atoms with Crippen LogP contribution >= 0.6 is 23.2 Å². The summed E-state index contributed by atoms with van der Waals surface area (Å²) in [6.45, 7) is 0.399. The number of hydrogen-bond donors (Lipinski definition) is 2. The fraction of sp³-hybridized carbons (Fsp3) is 0.500. The van der Waals surface area contributed by atoms with Gasteiger partial charge in [-0.25, -0.2) is 13.1 Å². The summed E-state index contributed by atoms with van der Waals surface area (Å²) >= 11 is 11.8. The minimum atomic E-state index is -3.69. The first-order valence-electron chi connectivity index (χ1n) is 6.14. The van der Waals surface area contributed by atoms with Crippen LogP contribution in [0.1, 0.15) is 25.7 Å². The molecule has 106 valence electrons. The number of nitrogens with one attached hydrogen (secondary N) is 1. The van der Waals surface area contributed by atoms with Crippen LogP contribution in [0.3, 0.4) is 0 Å². The number of anilines is 1. The number of benzene rings is 1. The van der Waals surface area contributed by atoms with Crippen molar-refractivity contribution in [3.05, 3.63) is 22.2 Å². The van der Waals surface area contributed by atoms with Crippen LogP contribution in [-0.2, 0) is 10.0 Å². The molecule has 0 heterocycles. The molecule has 1 aromatic rings. The smallest absolute Gasteiger partial charge is 0.243 e. The summed E-state index contributed by atoms with van der Waals surface area (Å²) in [4.78, 5) is -0.101. The predicted octanol–water partition coefficient (Wildman–Crippen LogP) is 3.04. The highest BCUT2D eigenvalue weighted by molar-refractivity contribution is 7.89. The summed E-state index contributed by atoms with van der Waals surface area (Å²) in [6.07, 6.45) is 4.42. The van der Waals surface area contributed by atoms with E-state index < -0.39 is 10.0 Å². The van der Waals surface area contributed by atoms with Crippen molar-refractivity contribution in [2.24, 2.45) is 5.92 Å². The molecule has 1 fully saturated rings. The van der Waals surface area contributed by atoms with Gasteiger partial charge < -0.3 is 5.73 Å². The molecule has 1 saturated carbocycles. The molecule has 0 radical (unpaired) electrons. The Morgan fingerprint density at radius 1 is 1.26 bits per heavy atom. The molecular weight excluding hydrogens is 307 g/mol. The Balaban J connectivity index is 2.05. The lowest BCUT2D eigenvalue weighted by Crippen LogP contribution is -2.25. The van der Waals surface area contributed by atoms with E-state index in [9.17, 15) is 8.42 Å². The van der Waals surface area contributed by atoms with E-state index >= 15 is 0 Å². The molecule has 0 saturated heterocycles. The average Bonchev–Trinajstić information content (AvgIpc) is 3.06. The van der Waals surface area contributed by atoms with Crippen LogP contribution in [0.4, 0.5) is 5.69 Å². The highest BCUT2D eigenvalue weighted by Gasteiger charge is 2.23. The predicted molar refractivity (Wildman–Crippen MR) is 78.0 cm³/mol. The molecule has 3 N–H and O–H groups in total. The van der Waals surface area contributed by atoms with Crippen molar-refractivity contribution in [2.45, 2.75) is 30.6 Å². The normalized spacial score (nSPS) is 15.7.